The molecular formula is C15H20N2O. The Morgan fingerprint density at radius 3 is 2.56 bits per heavy atom. The van der Waals surface area contributed by atoms with E-state index in [-0.39, 0.29) is 0 Å². The predicted molar refractivity (Wildman–Crippen MR) is 73.0 cm³/mol. The van der Waals surface area contributed by atoms with E-state index in [1.165, 1.54) is 5.56 Å². The van der Waals surface area contributed by atoms with Gasteiger partial charge in [0, 0.05) is 19.1 Å². The molecule has 3 heteroatoms. The number of rotatable bonds is 6. The van der Waals surface area contributed by atoms with Crippen molar-refractivity contribution in [1.82, 2.24) is 4.90 Å². The van der Waals surface area contributed by atoms with Crippen molar-refractivity contribution in [3.63, 3.8) is 0 Å². The fraction of sp³-hybridized carbons (Fsp3) is 0.333. The number of hydrogen-bond donors (Lipinski definition) is 1. The molecule has 3 nitrogen and oxygen atoms in total. The molecule has 0 spiro atoms. The SMILES string of the molecule is CC(c1ccccc1)N(CCN)Cc1ccco1. The van der Waals surface area contributed by atoms with Crippen LogP contribution in [0.4, 0.5) is 0 Å². The summed E-state index contributed by atoms with van der Waals surface area (Å²) in [6.07, 6.45) is 1.71. The van der Waals surface area contributed by atoms with Gasteiger partial charge >= 0.3 is 0 Å². The van der Waals surface area contributed by atoms with Gasteiger partial charge in [-0.3, -0.25) is 4.90 Å². The number of hydrogen-bond acceptors (Lipinski definition) is 3. The summed E-state index contributed by atoms with van der Waals surface area (Å²) in [4.78, 5) is 2.33. The van der Waals surface area contributed by atoms with Gasteiger partial charge in [0.05, 0.1) is 12.8 Å². The summed E-state index contributed by atoms with van der Waals surface area (Å²) in [6.45, 7) is 4.50. The monoisotopic (exact) mass is 244 g/mol. The van der Waals surface area contributed by atoms with Gasteiger partial charge in [0.25, 0.3) is 0 Å². The third-order valence-electron chi connectivity index (χ3n) is 3.19. The molecule has 1 aromatic carbocycles. The largest absolute Gasteiger partial charge is 0.468 e. The van der Waals surface area contributed by atoms with Crippen molar-refractivity contribution in [1.29, 1.82) is 0 Å². The van der Waals surface area contributed by atoms with E-state index >= 15 is 0 Å². The first-order chi connectivity index (χ1) is 8.81. The minimum Gasteiger partial charge on any atom is -0.468 e. The van der Waals surface area contributed by atoms with E-state index in [9.17, 15) is 0 Å². The zero-order chi connectivity index (χ0) is 12.8. The number of nitrogens with zero attached hydrogens (tertiary/aromatic N) is 1. The summed E-state index contributed by atoms with van der Waals surface area (Å²) >= 11 is 0. The van der Waals surface area contributed by atoms with Crippen molar-refractivity contribution in [3.05, 3.63) is 60.1 Å². The molecule has 0 bridgehead atoms. The number of benzene rings is 1. The van der Waals surface area contributed by atoms with Gasteiger partial charge in [0.15, 0.2) is 0 Å². The molecule has 2 aromatic rings. The Labute approximate surface area is 108 Å². The van der Waals surface area contributed by atoms with Gasteiger partial charge in [-0.25, -0.2) is 0 Å². The highest BCUT2D eigenvalue weighted by Gasteiger charge is 2.16. The lowest BCUT2D eigenvalue weighted by Crippen LogP contribution is -2.31. The van der Waals surface area contributed by atoms with Crippen LogP contribution in [0.3, 0.4) is 0 Å². The highest BCUT2D eigenvalue weighted by Crippen LogP contribution is 2.21. The van der Waals surface area contributed by atoms with Crippen LogP contribution in [-0.2, 0) is 6.54 Å². The van der Waals surface area contributed by atoms with Gasteiger partial charge in [-0.2, -0.15) is 0 Å². The quantitative estimate of drug-likeness (QED) is 0.849. The Bertz CT molecular complexity index is 439. The zero-order valence-corrected chi connectivity index (χ0v) is 10.8. The molecule has 0 radical (unpaired) electrons. The van der Waals surface area contributed by atoms with Crippen LogP contribution in [0.2, 0.25) is 0 Å². The molecule has 18 heavy (non-hydrogen) atoms. The van der Waals surface area contributed by atoms with E-state index in [4.69, 9.17) is 10.2 Å². The molecule has 1 heterocycles. The third-order valence-corrected chi connectivity index (χ3v) is 3.19. The molecule has 0 amide bonds. The standard InChI is InChI=1S/C15H20N2O/c1-13(14-6-3-2-4-7-14)17(10-9-16)12-15-8-5-11-18-15/h2-8,11,13H,9-10,12,16H2,1H3. The smallest absolute Gasteiger partial charge is 0.117 e. The lowest BCUT2D eigenvalue weighted by molar-refractivity contribution is 0.191. The molecule has 0 saturated carbocycles. The molecule has 1 atom stereocenters. The lowest BCUT2D eigenvalue weighted by atomic mass is 10.1. The average Bonchev–Trinajstić information content (AvgIpc) is 2.91. The molecule has 0 aliphatic rings. The van der Waals surface area contributed by atoms with Gasteiger partial charge in [-0.05, 0) is 24.6 Å². The fourth-order valence-electron chi connectivity index (χ4n) is 2.12. The van der Waals surface area contributed by atoms with Crippen molar-refractivity contribution >= 4 is 0 Å². The van der Waals surface area contributed by atoms with Crippen molar-refractivity contribution in [3.8, 4) is 0 Å². The molecule has 0 aliphatic heterocycles. The van der Waals surface area contributed by atoms with Gasteiger partial charge in [0.1, 0.15) is 5.76 Å². The van der Waals surface area contributed by atoms with Crippen LogP contribution < -0.4 is 5.73 Å². The van der Waals surface area contributed by atoms with Crippen LogP contribution in [0.5, 0.6) is 0 Å². The third kappa shape index (κ3) is 3.22. The first-order valence-electron chi connectivity index (χ1n) is 6.32. The maximum atomic E-state index is 5.70. The van der Waals surface area contributed by atoms with Crippen molar-refractivity contribution in [2.24, 2.45) is 5.73 Å². The minimum absolute atomic E-state index is 0.333. The highest BCUT2D eigenvalue weighted by atomic mass is 16.3. The first kappa shape index (κ1) is 12.9. The molecule has 1 unspecified atom stereocenters. The molecule has 96 valence electrons. The van der Waals surface area contributed by atoms with E-state index in [2.05, 4.69) is 36.1 Å². The summed E-state index contributed by atoms with van der Waals surface area (Å²) in [5.74, 6) is 0.978. The van der Waals surface area contributed by atoms with Gasteiger partial charge in [-0.15, -0.1) is 0 Å². The lowest BCUT2D eigenvalue weighted by Gasteiger charge is -2.28. The van der Waals surface area contributed by atoms with Crippen molar-refractivity contribution in [2.45, 2.75) is 19.5 Å². The zero-order valence-electron chi connectivity index (χ0n) is 10.8. The van der Waals surface area contributed by atoms with Gasteiger partial charge in [-0.1, -0.05) is 30.3 Å². The van der Waals surface area contributed by atoms with E-state index < -0.39 is 0 Å². The van der Waals surface area contributed by atoms with Crippen LogP contribution in [0.15, 0.2) is 53.1 Å². The summed E-state index contributed by atoms with van der Waals surface area (Å²) in [7, 11) is 0. The predicted octanol–water partition coefficient (Wildman–Crippen LogP) is 2.80. The fourth-order valence-corrected chi connectivity index (χ4v) is 2.12. The molecule has 1 aromatic heterocycles. The highest BCUT2D eigenvalue weighted by molar-refractivity contribution is 5.18. The molecule has 0 saturated heterocycles. The van der Waals surface area contributed by atoms with Crippen molar-refractivity contribution < 1.29 is 4.42 Å². The Balaban J connectivity index is 2.09. The summed E-state index contributed by atoms with van der Waals surface area (Å²) in [6, 6.07) is 14.7. The Morgan fingerprint density at radius 2 is 1.94 bits per heavy atom. The van der Waals surface area contributed by atoms with Crippen LogP contribution in [0.25, 0.3) is 0 Å². The molecule has 2 rings (SSSR count). The van der Waals surface area contributed by atoms with E-state index in [1.54, 1.807) is 6.26 Å². The van der Waals surface area contributed by atoms with Crippen LogP contribution in [0.1, 0.15) is 24.3 Å². The van der Waals surface area contributed by atoms with Crippen LogP contribution >= 0.6 is 0 Å². The normalized spacial score (nSPS) is 12.8. The maximum absolute atomic E-state index is 5.70. The Kier molecular flexibility index (Phi) is 4.56. The van der Waals surface area contributed by atoms with Crippen LogP contribution in [0, 0.1) is 0 Å². The Hall–Kier alpha value is -1.58. The number of nitrogens with two attached hydrogens (primary N) is 1. The topological polar surface area (TPSA) is 42.4 Å². The second kappa shape index (κ2) is 6.38. The molecule has 0 aliphatic carbocycles. The van der Waals surface area contributed by atoms with Crippen LogP contribution in [-0.4, -0.2) is 18.0 Å². The molecule has 2 N–H and O–H groups in total. The first-order valence-corrected chi connectivity index (χ1v) is 6.32. The second-order valence-corrected chi connectivity index (χ2v) is 4.43. The molecular weight excluding hydrogens is 224 g/mol. The van der Waals surface area contributed by atoms with Gasteiger partial charge in [0.2, 0.25) is 0 Å². The van der Waals surface area contributed by atoms with E-state index in [1.807, 2.05) is 18.2 Å². The minimum atomic E-state index is 0.333. The second-order valence-electron chi connectivity index (χ2n) is 4.43. The Morgan fingerprint density at radius 1 is 1.17 bits per heavy atom. The average molecular weight is 244 g/mol. The maximum Gasteiger partial charge on any atom is 0.117 e. The molecule has 0 fully saturated rings. The number of furan rings is 1. The van der Waals surface area contributed by atoms with Gasteiger partial charge < -0.3 is 10.2 Å². The van der Waals surface area contributed by atoms with Crippen molar-refractivity contribution in [2.75, 3.05) is 13.1 Å². The van der Waals surface area contributed by atoms with E-state index in [0.29, 0.717) is 12.6 Å². The summed E-state index contributed by atoms with van der Waals surface area (Å²) in [5, 5.41) is 0. The summed E-state index contributed by atoms with van der Waals surface area (Å²) < 4.78 is 5.41. The summed E-state index contributed by atoms with van der Waals surface area (Å²) in [5.41, 5.74) is 7.01. The van der Waals surface area contributed by atoms with E-state index in [0.717, 1.165) is 18.8 Å².